The van der Waals surface area contributed by atoms with Crippen molar-refractivity contribution in [3.8, 4) is 0 Å². The van der Waals surface area contributed by atoms with Gasteiger partial charge in [-0.1, -0.05) is 11.3 Å². The summed E-state index contributed by atoms with van der Waals surface area (Å²) in [5, 5.41) is 10.0. The Morgan fingerprint density at radius 2 is 1.94 bits per heavy atom. The number of sulfonamides is 1. The van der Waals surface area contributed by atoms with Gasteiger partial charge in [-0.25, -0.2) is 12.7 Å². The molecular weight excluding hydrogens is 272 g/mol. The maximum Gasteiger partial charge on any atom is 0.211 e. The summed E-state index contributed by atoms with van der Waals surface area (Å²) in [7, 11) is -1.43. The van der Waals surface area contributed by atoms with Crippen molar-refractivity contribution in [2.45, 2.75) is 25.8 Å². The van der Waals surface area contributed by atoms with Crippen LogP contribution in [0, 0.1) is 6.92 Å². The zero-order chi connectivity index (χ0) is 13.3. The second kappa shape index (κ2) is 5.10. The van der Waals surface area contributed by atoms with E-state index in [0.717, 1.165) is 36.1 Å². The summed E-state index contributed by atoms with van der Waals surface area (Å²) in [5.41, 5.74) is 0. The van der Waals surface area contributed by atoms with Gasteiger partial charge in [-0.05, 0) is 19.8 Å². The van der Waals surface area contributed by atoms with E-state index >= 15 is 0 Å². The number of piperidine rings is 1. The first-order valence-electron chi connectivity index (χ1n) is 5.86. The van der Waals surface area contributed by atoms with Crippen LogP contribution in [0.25, 0.3) is 0 Å². The van der Waals surface area contributed by atoms with Crippen LogP contribution in [0.3, 0.4) is 0 Å². The standard InChI is InChI=1S/C10H18N4O2S2/c1-8-11-12-10(17-8)14-6-4-9(5-7-14)13(2)18(3,15)16/h9H,4-7H2,1-3H3. The topological polar surface area (TPSA) is 66.4 Å². The molecular formula is C10H18N4O2S2. The zero-order valence-corrected chi connectivity index (χ0v) is 12.5. The lowest BCUT2D eigenvalue weighted by Crippen LogP contribution is -2.45. The molecule has 0 aromatic carbocycles. The Balaban J connectivity index is 1.96. The number of aromatic nitrogens is 2. The molecule has 1 aromatic heterocycles. The number of hydrogen-bond acceptors (Lipinski definition) is 6. The molecule has 8 heteroatoms. The summed E-state index contributed by atoms with van der Waals surface area (Å²) in [6, 6.07) is 0.102. The molecule has 0 aliphatic carbocycles. The molecule has 0 bridgehead atoms. The second-order valence-corrected chi connectivity index (χ2v) is 7.80. The molecule has 1 aromatic rings. The van der Waals surface area contributed by atoms with Gasteiger partial charge in [0.05, 0.1) is 6.26 Å². The van der Waals surface area contributed by atoms with E-state index in [4.69, 9.17) is 0 Å². The smallest absolute Gasteiger partial charge is 0.211 e. The van der Waals surface area contributed by atoms with Crippen LogP contribution in [0.2, 0.25) is 0 Å². The molecule has 0 atom stereocenters. The van der Waals surface area contributed by atoms with Crippen LogP contribution < -0.4 is 4.90 Å². The van der Waals surface area contributed by atoms with Gasteiger partial charge in [0.2, 0.25) is 15.2 Å². The number of rotatable bonds is 3. The molecule has 1 aliphatic heterocycles. The third-order valence-corrected chi connectivity index (χ3v) is 5.53. The summed E-state index contributed by atoms with van der Waals surface area (Å²) in [6.45, 7) is 3.60. The van der Waals surface area contributed by atoms with Crippen molar-refractivity contribution in [3.05, 3.63) is 5.01 Å². The fourth-order valence-electron chi connectivity index (χ4n) is 2.11. The lowest BCUT2D eigenvalue weighted by Gasteiger charge is -2.35. The van der Waals surface area contributed by atoms with E-state index in [-0.39, 0.29) is 6.04 Å². The minimum Gasteiger partial charge on any atom is -0.347 e. The lowest BCUT2D eigenvalue weighted by molar-refractivity contribution is 0.313. The molecule has 0 radical (unpaired) electrons. The molecule has 0 amide bonds. The third-order valence-electron chi connectivity index (χ3n) is 3.29. The fourth-order valence-corrected chi connectivity index (χ4v) is 3.60. The van der Waals surface area contributed by atoms with E-state index in [0.29, 0.717) is 0 Å². The Morgan fingerprint density at radius 1 is 1.33 bits per heavy atom. The first-order chi connectivity index (χ1) is 8.38. The summed E-state index contributed by atoms with van der Waals surface area (Å²) >= 11 is 1.58. The Labute approximate surface area is 112 Å². The summed E-state index contributed by atoms with van der Waals surface area (Å²) < 4.78 is 24.4. The molecule has 2 heterocycles. The Bertz CT molecular complexity index is 506. The van der Waals surface area contributed by atoms with Gasteiger partial charge in [-0.15, -0.1) is 10.2 Å². The van der Waals surface area contributed by atoms with Crippen LogP contribution in [0.15, 0.2) is 0 Å². The quantitative estimate of drug-likeness (QED) is 0.820. The van der Waals surface area contributed by atoms with Gasteiger partial charge in [0.25, 0.3) is 0 Å². The van der Waals surface area contributed by atoms with Crippen LogP contribution in [-0.2, 0) is 10.0 Å². The minimum absolute atomic E-state index is 0.102. The summed E-state index contributed by atoms with van der Waals surface area (Å²) in [5.74, 6) is 0. The maximum absolute atomic E-state index is 11.5. The van der Waals surface area contributed by atoms with Gasteiger partial charge < -0.3 is 4.90 Å². The van der Waals surface area contributed by atoms with Crippen LogP contribution >= 0.6 is 11.3 Å². The molecule has 1 aliphatic rings. The first-order valence-corrected chi connectivity index (χ1v) is 8.52. The van der Waals surface area contributed by atoms with Gasteiger partial charge in [0.1, 0.15) is 5.01 Å². The van der Waals surface area contributed by atoms with Crippen molar-refractivity contribution in [2.75, 3.05) is 31.3 Å². The van der Waals surface area contributed by atoms with Crippen molar-refractivity contribution in [2.24, 2.45) is 0 Å². The zero-order valence-electron chi connectivity index (χ0n) is 10.8. The monoisotopic (exact) mass is 290 g/mol. The van der Waals surface area contributed by atoms with E-state index in [9.17, 15) is 8.42 Å². The van der Waals surface area contributed by atoms with Crippen molar-refractivity contribution in [3.63, 3.8) is 0 Å². The Kier molecular flexibility index (Phi) is 3.88. The van der Waals surface area contributed by atoms with E-state index in [1.54, 1.807) is 18.4 Å². The average molecular weight is 290 g/mol. The van der Waals surface area contributed by atoms with E-state index in [1.807, 2.05) is 6.92 Å². The van der Waals surface area contributed by atoms with E-state index in [2.05, 4.69) is 15.1 Å². The molecule has 0 unspecified atom stereocenters. The minimum atomic E-state index is -3.09. The summed E-state index contributed by atoms with van der Waals surface area (Å²) in [6.07, 6.45) is 2.93. The number of hydrogen-bond donors (Lipinski definition) is 0. The molecule has 2 rings (SSSR count). The Hall–Kier alpha value is -0.730. The SMILES string of the molecule is Cc1nnc(N2CCC(N(C)S(C)(=O)=O)CC2)s1. The van der Waals surface area contributed by atoms with Crippen LogP contribution in [0.5, 0.6) is 0 Å². The fraction of sp³-hybridized carbons (Fsp3) is 0.800. The highest BCUT2D eigenvalue weighted by Crippen LogP contribution is 2.25. The highest BCUT2D eigenvalue weighted by Gasteiger charge is 2.28. The lowest BCUT2D eigenvalue weighted by atomic mass is 10.1. The van der Waals surface area contributed by atoms with Gasteiger partial charge in [-0.2, -0.15) is 0 Å². The molecule has 0 N–H and O–H groups in total. The van der Waals surface area contributed by atoms with Crippen molar-refractivity contribution >= 4 is 26.5 Å². The maximum atomic E-state index is 11.5. The van der Waals surface area contributed by atoms with Crippen LogP contribution in [0.1, 0.15) is 17.8 Å². The highest BCUT2D eigenvalue weighted by molar-refractivity contribution is 7.88. The molecule has 18 heavy (non-hydrogen) atoms. The van der Waals surface area contributed by atoms with Gasteiger partial charge in [0.15, 0.2) is 0 Å². The number of anilines is 1. The van der Waals surface area contributed by atoms with Gasteiger partial charge in [0, 0.05) is 26.2 Å². The molecule has 6 nitrogen and oxygen atoms in total. The normalized spacial score (nSPS) is 18.6. The third kappa shape index (κ3) is 2.99. The van der Waals surface area contributed by atoms with E-state index in [1.165, 1.54) is 10.6 Å². The highest BCUT2D eigenvalue weighted by atomic mass is 32.2. The van der Waals surface area contributed by atoms with Crippen molar-refractivity contribution in [1.29, 1.82) is 0 Å². The molecule has 102 valence electrons. The number of nitrogens with zero attached hydrogens (tertiary/aromatic N) is 4. The van der Waals surface area contributed by atoms with Crippen LogP contribution in [0.4, 0.5) is 5.13 Å². The second-order valence-electron chi connectivity index (χ2n) is 4.60. The van der Waals surface area contributed by atoms with Gasteiger partial charge >= 0.3 is 0 Å². The van der Waals surface area contributed by atoms with Crippen molar-refractivity contribution in [1.82, 2.24) is 14.5 Å². The largest absolute Gasteiger partial charge is 0.347 e. The Morgan fingerprint density at radius 3 is 2.39 bits per heavy atom. The predicted octanol–water partition coefficient (Wildman–Crippen LogP) is 0.707. The molecule has 1 fully saturated rings. The predicted molar refractivity (Wildman–Crippen MR) is 72.5 cm³/mol. The molecule has 0 spiro atoms. The van der Waals surface area contributed by atoms with Crippen LogP contribution in [-0.4, -0.2) is 55.4 Å². The van der Waals surface area contributed by atoms with Crippen molar-refractivity contribution < 1.29 is 8.42 Å². The molecule has 1 saturated heterocycles. The number of aryl methyl sites for hydroxylation is 1. The summed E-state index contributed by atoms with van der Waals surface area (Å²) in [4.78, 5) is 2.18. The first kappa shape index (κ1) is 13.7. The molecule has 0 saturated carbocycles. The average Bonchev–Trinajstić information content (AvgIpc) is 2.74. The van der Waals surface area contributed by atoms with E-state index < -0.39 is 10.0 Å². The van der Waals surface area contributed by atoms with Gasteiger partial charge in [-0.3, -0.25) is 0 Å².